The highest BCUT2D eigenvalue weighted by molar-refractivity contribution is 5.85. The zero-order chi connectivity index (χ0) is 25.9. The lowest BCUT2D eigenvalue weighted by atomic mass is 9.97. The molecule has 2 heterocycles. The molecule has 1 atom stereocenters. The number of para-hydroxylation sites is 1. The van der Waals surface area contributed by atoms with Gasteiger partial charge in [-0.2, -0.15) is 10.2 Å². The lowest BCUT2D eigenvalue weighted by molar-refractivity contribution is -0.124. The van der Waals surface area contributed by atoms with Gasteiger partial charge in [-0.25, -0.2) is 4.68 Å². The van der Waals surface area contributed by atoms with Crippen molar-refractivity contribution < 1.29 is 19.4 Å². The number of rotatable bonds is 9. The standard InChI is InChI=1S/C26H27N5O5/c1-25(2,34)17-30-13-12-22(29-30)26(3,24(27)33)31-23(32)15-21(16-28-31)36-20-11-7-10-19(14-20)35-18-8-5-4-6-9-18/h4-16,34H,17H2,1-3H3,(H2,27,33). The largest absolute Gasteiger partial charge is 0.457 e. The van der Waals surface area contributed by atoms with Gasteiger partial charge in [0.05, 0.1) is 24.0 Å². The molecule has 1 amide bonds. The second-order valence-corrected chi connectivity index (χ2v) is 9.08. The normalized spacial score (nSPS) is 13.1. The third-order valence-electron chi connectivity index (χ3n) is 5.39. The van der Waals surface area contributed by atoms with Gasteiger partial charge in [-0.15, -0.1) is 0 Å². The number of nitrogens with zero attached hydrogens (tertiary/aromatic N) is 4. The molecule has 0 spiro atoms. The second-order valence-electron chi connectivity index (χ2n) is 9.08. The van der Waals surface area contributed by atoms with Crippen molar-refractivity contribution in [2.75, 3.05) is 0 Å². The number of hydrogen-bond acceptors (Lipinski definition) is 7. The molecule has 10 heteroatoms. The first-order chi connectivity index (χ1) is 17.0. The van der Waals surface area contributed by atoms with E-state index in [2.05, 4.69) is 10.2 Å². The highest BCUT2D eigenvalue weighted by Crippen LogP contribution is 2.28. The Morgan fingerprint density at radius 3 is 2.19 bits per heavy atom. The Hall–Kier alpha value is -4.44. The molecule has 0 saturated heterocycles. The summed E-state index contributed by atoms with van der Waals surface area (Å²) in [5.74, 6) is 1.03. The van der Waals surface area contributed by atoms with Gasteiger partial charge in [0.1, 0.15) is 17.2 Å². The van der Waals surface area contributed by atoms with Crippen molar-refractivity contribution in [3.63, 3.8) is 0 Å². The Kier molecular flexibility index (Phi) is 6.63. The molecule has 4 rings (SSSR count). The third-order valence-corrected chi connectivity index (χ3v) is 5.39. The van der Waals surface area contributed by atoms with E-state index < -0.39 is 22.6 Å². The first-order valence-electron chi connectivity index (χ1n) is 11.2. The summed E-state index contributed by atoms with van der Waals surface area (Å²) in [4.78, 5) is 25.5. The van der Waals surface area contributed by atoms with Crippen molar-refractivity contribution in [1.29, 1.82) is 0 Å². The quantitative estimate of drug-likeness (QED) is 0.369. The van der Waals surface area contributed by atoms with Crippen molar-refractivity contribution >= 4 is 5.91 Å². The summed E-state index contributed by atoms with van der Waals surface area (Å²) in [7, 11) is 0. The highest BCUT2D eigenvalue weighted by atomic mass is 16.5. The van der Waals surface area contributed by atoms with Gasteiger partial charge < -0.3 is 20.3 Å². The van der Waals surface area contributed by atoms with Gasteiger partial charge in [-0.1, -0.05) is 24.3 Å². The third kappa shape index (κ3) is 5.44. The van der Waals surface area contributed by atoms with Crippen LogP contribution < -0.4 is 20.8 Å². The first kappa shape index (κ1) is 24.7. The molecule has 4 aromatic rings. The number of amides is 1. The zero-order valence-corrected chi connectivity index (χ0v) is 20.2. The maximum Gasteiger partial charge on any atom is 0.271 e. The zero-order valence-electron chi connectivity index (χ0n) is 20.2. The Morgan fingerprint density at radius 2 is 1.58 bits per heavy atom. The van der Waals surface area contributed by atoms with E-state index in [-0.39, 0.29) is 18.0 Å². The summed E-state index contributed by atoms with van der Waals surface area (Å²) in [5, 5.41) is 18.6. The summed E-state index contributed by atoms with van der Waals surface area (Å²) >= 11 is 0. The Labute approximate surface area is 207 Å². The van der Waals surface area contributed by atoms with Crippen molar-refractivity contribution in [3.8, 4) is 23.0 Å². The van der Waals surface area contributed by atoms with Crippen LogP contribution in [0.3, 0.4) is 0 Å². The lowest BCUT2D eigenvalue weighted by Gasteiger charge is -2.25. The maximum absolute atomic E-state index is 13.0. The average molecular weight is 490 g/mol. The molecule has 36 heavy (non-hydrogen) atoms. The predicted molar refractivity (Wildman–Crippen MR) is 132 cm³/mol. The molecule has 10 nitrogen and oxygen atoms in total. The molecular weight excluding hydrogens is 462 g/mol. The minimum atomic E-state index is -1.66. The van der Waals surface area contributed by atoms with Crippen LogP contribution in [0.2, 0.25) is 0 Å². The molecule has 0 bridgehead atoms. The van der Waals surface area contributed by atoms with E-state index in [9.17, 15) is 14.7 Å². The average Bonchev–Trinajstić information content (AvgIpc) is 3.27. The number of benzene rings is 2. The van der Waals surface area contributed by atoms with Crippen LogP contribution in [0.25, 0.3) is 0 Å². The van der Waals surface area contributed by atoms with Crippen molar-refractivity contribution in [3.05, 3.63) is 95.2 Å². The summed E-state index contributed by atoms with van der Waals surface area (Å²) < 4.78 is 14.1. The van der Waals surface area contributed by atoms with Gasteiger partial charge in [-0.05, 0) is 51.1 Å². The van der Waals surface area contributed by atoms with Gasteiger partial charge in [-0.3, -0.25) is 14.3 Å². The van der Waals surface area contributed by atoms with Crippen LogP contribution in [0.5, 0.6) is 23.0 Å². The summed E-state index contributed by atoms with van der Waals surface area (Å²) in [6.45, 7) is 4.92. The van der Waals surface area contributed by atoms with Crippen molar-refractivity contribution in [2.24, 2.45) is 5.73 Å². The highest BCUT2D eigenvalue weighted by Gasteiger charge is 2.40. The van der Waals surface area contributed by atoms with E-state index >= 15 is 0 Å². The fourth-order valence-electron chi connectivity index (χ4n) is 3.59. The van der Waals surface area contributed by atoms with Gasteiger partial charge in [0.2, 0.25) is 0 Å². The predicted octanol–water partition coefficient (Wildman–Crippen LogP) is 3.04. The Morgan fingerprint density at radius 1 is 0.944 bits per heavy atom. The molecule has 2 aromatic heterocycles. The molecule has 0 aliphatic heterocycles. The molecule has 3 N–H and O–H groups in total. The smallest absolute Gasteiger partial charge is 0.271 e. The van der Waals surface area contributed by atoms with Gasteiger partial charge in [0.15, 0.2) is 11.3 Å². The Balaban J connectivity index is 1.58. The van der Waals surface area contributed by atoms with Gasteiger partial charge in [0.25, 0.3) is 11.5 Å². The minimum absolute atomic E-state index is 0.174. The summed E-state index contributed by atoms with van der Waals surface area (Å²) in [6.07, 6.45) is 2.92. The molecule has 2 aromatic carbocycles. The van der Waals surface area contributed by atoms with Gasteiger partial charge in [0, 0.05) is 18.3 Å². The van der Waals surface area contributed by atoms with Crippen LogP contribution in [-0.2, 0) is 16.9 Å². The number of hydrogen-bond donors (Lipinski definition) is 2. The fraction of sp³-hybridized carbons (Fsp3) is 0.231. The first-order valence-corrected chi connectivity index (χ1v) is 11.2. The van der Waals surface area contributed by atoms with Crippen LogP contribution in [0.15, 0.2) is 83.9 Å². The number of carbonyl (C=O) groups excluding carboxylic acids is 1. The Bertz CT molecular complexity index is 1420. The number of nitrogens with two attached hydrogens (primary N) is 1. The fourth-order valence-corrected chi connectivity index (χ4v) is 3.59. The van der Waals surface area contributed by atoms with Crippen molar-refractivity contribution in [2.45, 2.75) is 38.5 Å². The van der Waals surface area contributed by atoms with E-state index in [0.29, 0.717) is 17.2 Å². The SMILES string of the molecule is CC(C)(O)Cn1ccc(C(C)(C(N)=O)n2ncc(Oc3cccc(Oc4ccccc4)c3)cc2=O)n1. The van der Waals surface area contributed by atoms with E-state index in [4.69, 9.17) is 15.2 Å². The van der Waals surface area contributed by atoms with Crippen LogP contribution in [-0.4, -0.2) is 36.2 Å². The molecule has 1 unspecified atom stereocenters. The number of aromatic nitrogens is 4. The summed E-state index contributed by atoms with van der Waals surface area (Å²) in [6, 6.07) is 19.0. The van der Waals surface area contributed by atoms with Gasteiger partial charge >= 0.3 is 0 Å². The maximum atomic E-state index is 13.0. The monoisotopic (exact) mass is 489 g/mol. The van der Waals surface area contributed by atoms with E-state index in [1.165, 1.54) is 23.9 Å². The number of carbonyl (C=O) groups is 1. The molecule has 0 saturated carbocycles. The van der Waals surface area contributed by atoms with Crippen molar-refractivity contribution in [1.82, 2.24) is 19.6 Å². The number of aliphatic hydroxyl groups is 1. The van der Waals surface area contributed by atoms with E-state index in [1.54, 1.807) is 50.4 Å². The summed E-state index contributed by atoms with van der Waals surface area (Å²) in [5.41, 5.74) is 2.62. The lowest BCUT2D eigenvalue weighted by Crippen LogP contribution is -2.50. The molecular formula is C26H27N5O5. The molecule has 0 aliphatic rings. The number of ether oxygens (including phenoxy) is 2. The van der Waals surface area contributed by atoms with Crippen LogP contribution in [0.4, 0.5) is 0 Å². The van der Waals surface area contributed by atoms with Crippen LogP contribution >= 0.6 is 0 Å². The number of primary amides is 1. The van der Waals surface area contributed by atoms with E-state index in [1.807, 2.05) is 30.3 Å². The van der Waals surface area contributed by atoms with E-state index in [0.717, 1.165) is 4.68 Å². The van der Waals surface area contributed by atoms with Crippen LogP contribution in [0, 0.1) is 0 Å². The topological polar surface area (TPSA) is 134 Å². The molecule has 186 valence electrons. The molecule has 0 fully saturated rings. The second kappa shape index (κ2) is 9.67. The minimum Gasteiger partial charge on any atom is -0.457 e. The van der Waals surface area contributed by atoms with Crippen LogP contribution in [0.1, 0.15) is 26.5 Å². The molecule has 0 aliphatic carbocycles. The molecule has 0 radical (unpaired) electrons.